The Balaban J connectivity index is 2.70. The third-order valence-electron chi connectivity index (χ3n) is 3.39. The van der Waals surface area contributed by atoms with Crippen molar-refractivity contribution in [1.29, 1.82) is 0 Å². The lowest BCUT2D eigenvalue weighted by molar-refractivity contribution is -0.385. The normalized spacial score (nSPS) is 11.4. The summed E-state index contributed by atoms with van der Waals surface area (Å²) in [6, 6.07) is 2.84. The number of carbonyl (C=O) groups excluding carboxylic acids is 2. The number of benzene rings is 1. The Morgan fingerprint density at radius 1 is 1.39 bits per heavy atom. The summed E-state index contributed by atoms with van der Waals surface area (Å²) in [5.41, 5.74) is 0.396. The van der Waals surface area contributed by atoms with Crippen LogP contribution in [0.4, 0.5) is 5.69 Å². The first-order valence-electron chi connectivity index (χ1n) is 6.66. The molecule has 1 aromatic carbocycles. The van der Waals surface area contributed by atoms with Gasteiger partial charge in [-0.25, -0.2) is 4.79 Å². The largest absolute Gasteiger partial charge is 0.480 e. The maximum Gasteiger partial charge on any atom is 0.326 e. The second-order valence-electron chi connectivity index (χ2n) is 4.96. The molecule has 0 saturated heterocycles. The number of hydrogen-bond donors (Lipinski definition) is 2. The fourth-order valence-corrected chi connectivity index (χ4v) is 1.77. The van der Waals surface area contributed by atoms with Crippen molar-refractivity contribution in [3.05, 3.63) is 39.4 Å². The molecule has 0 saturated carbocycles. The maximum absolute atomic E-state index is 11.9. The average Bonchev–Trinajstić information content (AvgIpc) is 2.49. The Bertz CT molecular complexity index is 658. The number of hydrogen-bond acceptors (Lipinski definition) is 5. The standard InChI is InChI=1S/C14H17N3O6/c1-8-6-10(4-5-11(8)17(22)23)13(19)15-7-12(18)16(3)9(2)14(20)21/h4-6,9H,7H2,1-3H3,(H,15,19)(H,20,21). The van der Waals surface area contributed by atoms with Gasteiger partial charge < -0.3 is 15.3 Å². The summed E-state index contributed by atoms with van der Waals surface area (Å²) in [6.07, 6.45) is 0. The van der Waals surface area contributed by atoms with E-state index in [1.807, 2.05) is 0 Å². The van der Waals surface area contributed by atoms with Crippen molar-refractivity contribution >= 4 is 23.5 Å². The van der Waals surface area contributed by atoms with Crippen LogP contribution in [0, 0.1) is 17.0 Å². The van der Waals surface area contributed by atoms with Gasteiger partial charge in [-0.1, -0.05) is 0 Å². The molecule has 0 radical (unpaired) electrons. The van der Waals surface area contributed by atoms with E-state index in [4.69, 9.17) is 5.11 Å². The van der Waals surface area contributed by atoms with Crippen LogP contribution in [0.1, 0.15) is 22.8 Å². The predicted molar refractivity (Wildman–Crippen MR) is 80.0 cm³/mol. The third kappa shape index (κ3) is 4.50. The van der Waals surface area contributed by atoms with E-state index in [9.17, 15) is 24.5 Å². The molecule has 2 N–H and O–H groups in total. The molecule has 0 spiro atoms. The molecule has 0 bridgehead atoms. The first-order chi connectivity index (χ1) is 10.6. The van der Waals surface area contributed by atoms with Crippen LogP contribution in [0.25, 0.3) is 0 Å². The van der Waals surface area contributed by atoms with Crippen LogP contribution in [0.3, 0.4) is 0 Å². The van der Waals surface area contributed by atoms with Crippen LogP contribution in [0.2, 0.25) is 0 Å². The predicted octanol–water partition coefficient (Wildman–Crippen LogP) is 0.565. The van der Waals surface area contributed by atoms with Gasteiger partial charge in [0.2, 0.25) is 5.91 Å². The number of likely N-dealkylation sites (N-methyl/N-ethyl adjacent to an activating group) is 1. The highest BCUT2D eigenvalue weighted by atomic mass is 16.6. The minimum Gasteiger partial charge on any atom is -0.480 e. The topological polar surface area (TPSA) is 130 Å². The first kappa shape index (κ1) is 18.1. The van der Waals surface area contributed by atoms with E-state index < -0.39 is 28.7 Å². The van der Waals surface area contributed by atoms with Gasteiger partial charge in [0.05, 0.1) is 11.5 Å². The highest BCUT2D eigenvalue weighted by Crippen LogP contribution is 2.18. The lowest BCUT2D eigenvalue weighted by Gasteiger charge is -2.21. The van der Waals surface area contributed by atoms with Crippen molar-refractivity contribution in [2.75, 3.05) is 13.6 Å². The zero-order chi connectivity index (χ0) is 17.7. The molecule has 23 heavy (non-hydrogen) atoms. The van der Waals surface area contributed by atoms with Gasteiger partial charge in [0.15, 0.2) is 0 Å². The molecular weight excluding hydrogens is 306 g/mol. The molecule has 9 heteroatoms. The highest BCUT2D eigenvalue weighted by Gasteiger charge is 2.22. The number of nitrogens with one attached hydrogen (secondary N) is 1. The molecule has 124 valence electrons. The number of carboxylic acid groups (broad SMARTS) is 1. The fraction of sp³-hybridized carbons (Fsp3) is 0.357. The summed E-state index contributed by atoms with van der Waals surface area (Å²) in [5, 5.41) is 21.9. The SMILES string of the molecule is Cc1cc(C(=O)NCC(=O)N(C)C(C)C(=O)O)ccc1[N+](=O)[O-]. The first-order valence-corrected chi connectivity index (χ1v) is 6.66. The summed E-state index contributed by atoms with van der Waals surface area (Å²) in [7, 11) is 1.32. The van der Waals surface area contributed by atoms with Crippen LogP contribution < -0.4 is 5.32 Å². The Kier molecular flexibility index (Phi) is 5.77. The molecule has 0 fully saturated rings. The van der Waals surface area contributed by atoms with Crippen molar-refractivity contribution in [3.63, 3.8) is 0 Å². The van der Waals surface area contributed by atoms with Gasteiger partial charge in [-0.3, -0.25) is 19.7 Å². The number of nitrogens with zero attached hydrogens (tertiary/aromatic N) is 2. The lowest BCUT2D eigenvalue weighted by atomic mass is 10.1. The van der Waals surface area contributed by atoms with Crippen molar-refractivity contribution in [2.24, 2.45) is 0 Å². The molecule has 0 heterocycles. The number of nitro benzene ring substituents is 1. The second-order valence-corrected chi connectivity index (χ2v) is 4.96. The fourth-order valence-electron chi connectivity index (χ4n) is 1.77. The molecule has 1 unspecified atom stereocenters. The Hall–Kier alpha value is -2.97. The van der Waals surface area contributed by atoms with E-state index in [-0.39, 0.29) is 17.8 Å². The lowest BCUT2D eigenvalue weighted by Crippen LogP contribution is -2.45. The number of rotatable bonds is 6. The van der Waals surface area contributed by atoms with Crippen molar-refractivity contribution < 1.29 is 24.4 Å². The van der Waals surface area contributed by atoms with E-state index in [1.54, 1.807) is 0 Å². The van der Waals surface area contributed by atoms with E-state index in [0.717, 1.165) is 4.90 Å². The van der Waals surface area contributed by atoms with Crippen molar-refractivity contribution in [2.45, 2.75) is 19.9 Å². The van der Waals surface area contributed by atoms with E-state index in [2.05, 4.69) is 5.32 Å². The molecule has 0 aromatic heterocycles. The molecule has 1 rings (SSSR count). The van der Waals surface area contributed by atoms with Crippen LogP contribution in [0.15, 0.2) is 18.2 Å². The second kappa shape index (κ2) is 7.34. The average molecular weight is 323 g/mol. The quantitative estimate of drug-likeness (QED) is 0.581. The van der Waals surface area contributed by atoms with Gasteiger partial charge in [0.1, 0.15) is 6.04 Å². The Labute approximate surface area is 132 Å². The number of carbonyl (C=O) groups is 3. The summed E-state index contributed by atoms with van der Waals surface area (Å²) >= 11 is 0. The highest BCUT2D eigenvalue weighted by molar-refractivity contribution is 5.97. The van der Waals surface area contributed by atoms with Crippen LogP contribution >= 0.6 is 0 Å². The number of aliphatic carboxylic acids is 1. The van der Waals surface area contributed by atoms with Gasteiger partial charge in [-0.05, 0) is 26.0 Å². The molecule has 9 nitrogen and oxygen atoms in total. The van der Waals surface area contributed by atoms with Gasteiger partial charge in [-0.2, -0.15) is 0 Å². The third-order valence-corrected chi connectivity index (χ3v) is 3.39. The summed E-state index contributed by atoms with van der Waals surface area (Å²) < 4.78 is 0. The molecular formula is C14H17N3O6. The number of amides is 2. The monoisotopic (exact) mass is 323 g/mol. The van der Waals surface area contributed by atoms with Crippen LogP contribution in [-0.2, 0) is 9.59 Å². The molecule has 1 atom stereocenters. The Morgan fingerprint density at radius 3 is 2.48 bits per heavy atom. The molecule has 0 aliphatic rings. The minimum atomic E-state index is -1.15. The molecule has 1 aromatic rings. The number of aryl methyl sites for hydroxylation is 1. The van der Waals surface area contributed by atoms with Gasteiger partial charge in [0, 0.05) is 24.2 Å². The van der Waals surface area contributed by atoms with Crippen molar-refractivity contribution in [1.82, 2.24) is 10.2 Å². The zero-order valence-electron chi connectivity index (χ0n) is 12.9. The summed E-state index contributed by atoms with van der Waals surface area (Å²) in [5.74, 6) is -2.29. The van der Waals surface area contributed by atoms with Gasteiger partial charge in [-0.15, -0.1) is 0 Å². The number of nitro groups is 1. The summed E-state index contributed by atoms with van der Waals surface area (Å²) in [6.45, 7) is 2.48. The van der Waals surface area contributed by atoms with E-state index >= 15 is 0 Å². The minimum absolute atomic E-state index is 0.104. The number of carboxylic acids is 1. The summed E-state index contributed by atoms with van der Waals surface area (Å²) in [4.78, 5) is 45.7. The van der Waals surface area contributed by atoms with Crippen LogP contribution in [-0.4, -0.2) is 52.3 Å². The van der Waals surface area contributed by atoms with Crippen molar-refractivity contribution in [3.8, 4) is 0 Å². The van der Waals surface area contributed by atoms with E-state index in [1.165, 1.54) is 39.1 Å². The molecule has 0 aliphatic heterocycles. The van der Waals surface area contributed by atoms with Gasteiger partial charge in [0.25, 0.3) is 11.6 Å². The Morgan fingerprint density at radius 2 is 2.00 bits per heavy atom. The van der Waals surface area contributed by atoms with Crippen LogP contribution in [0.5, 0.6) is 0 Å². The molecule has 2 amide bonds. The van der Waals surface area contributed by atoms with Gasteiger partial charge >= 0.3 is 5.97 Å². The molecule has 0 aliphatic carbocycles. The maximum atomic E-state index is 11.9. The smallest absolute Gasteiger partial charge is 0.326 e. The zero-order valence-corrected chi connectivity index (χ0v) is 12.9. The van der Waals surface area contributed by atoms with E-state index in [0.29, 0.717) is 5.56 Å².